The molecule has 0 radical (unpaired) electrons. The van der Waals surface area contributed by atoms with Gasteiger partial charge in [-0.2, -0.15) is 0 Å². The number of nitrogens with zero attached hydrogens (tertiary/aromatic N) is 3. The first kappa shape index (κ1) is 24.0. The standard InChI is InChI=1S/C28H33N5O3/c1-19-8-10-21(11-9-19)30-28(36)29-17-20-5-4-16-32(18-20)26(34)15-14-25-31-24-7-3-2-6-23(24)27(35)33(25)22-12-13-22/h2-3,6-11,20,22H,4-5,12-18H2,1H3,(H2,29,30,36). The van der Waals surface area contributed by atoms with Gasteiger partial charge in [0.2, 0.25) is 5.91 Å². The van der Waals surface area contributed by atoms with Gasteiger partial charge in [-0.1, -0.05) is 29.8 Å². The average Bonchev–Trinajstić information content (AvgIpc) is 3.73. The van der Waals surface area contributed by atoms with E-state index in [2.05, 4.69) is 10.6 Å². The first-order valence-electron chi connectivity index (χ1n) is 12.9. The number of carbonyl (C=O) groups excluding carboxylic acids is 2. The van der Waals surface area contributed by atoms with Gasteiger partial charge in [-0.05, 0) is 62.8 Å². The molecule has 1 unspecified atom stereocenters. The van der Waals surface area contributed by atoms with E-state index < -0.39 is 0 Å². The first-order valence-corrected chi connectivity index (χ1v) is 12.9. The lowest BCUT2D eigenvalue weighted by Crippen LogP contribution is -2.44. The number of carbonyl (C=O) groups is 2. The minimum absolute atomic E-state index is 0.00132. The summed E-state index contributed by atoms with van der Waals surface area (Å²) in [6, 6.07) is 15.1. The van der Waals surface area contributed by atoms with Gasteiger partial charge in [0.1, 0.15) is 5.82 Å². The monoisotopic (exact) mass is 487 g/mol. The molecule has 1 aliphatic carbocycles. The molecule has 0 bridgehead atoms. The summed E-state index contributed by atoms with van der Waals surface area (Å²) in [5, 5.41) is 6.44. The number of hydrogen-bond donors (Lipinski definition) is 2. The van der Waals surface area contributed by atoms with Crippen molar-refractivity contribution < 1.29 is 9.59 Å². The molecule has 188 valence electrons. The van der Waals surface area contributed by atoms with Crippen molar-refractivity contribution >= 4 is 28.5 Å². The topological polar surface area (TPSA) is 96.3 Å². The van der Waals surface area contributed by atoms with E-state index in [0.717, 1.165) is 43.5 Å². The zero-order chi connectivity index (χ0) is 25.1. The van der Waals surface area contributed by atoms with Gasteiger partial charge in [-0.3, -0.25) is 14.2 Å². The molecule has 2 aromatic carbocycles. The second-order valence-corrected chi connectivity index (χ2v) is 10.0. The van der Waals surface area contributed by atoms with Crippen LogP contribution in [0, 0.1) is 12.8 Å². The van der Waals surface area contributed by atoms with Crippen LogP contribution in [0.3, 0.4) is 0 Å². The third-order valence-corrected chi connectivity index (χ3v) is 7.09. The Bertz CT molecular complexity index is 1310. The van der Waals surface area contributed by atoms with E-state index in [4.69, 9.17) is 4.98 Å². The highest BCUT2D eigenvalue weighted by Crippen LogP contribution is 2.35. The lowest BCUT2D eigenvalue weighted by Gasteiger charge is -2.33. The maximum Gasteiger partial charge on any atom is 0.319 e. The molecule has 2 fully saturated rings. The van der Waals surface area contributed by atoms with Crippen LogP contribution in [0.1, 0.15) is 49.5 Å². The predicted molar refractivity (Wildman–Crippen MR) is 140 cm³/mol. The van der Waals surface area contributed by atoms with Gasteiger partial charge >= 0.3 is 6.03 Å². The van der Waals surface area contributed by atoms with Crippen molar-refractivity contribution in [3.8, 4) is 0 Å². The van der Waals surface area contributed by atoms with Crippen LogP contribution < -0.4 is 16.2 Å². The molecule has 8 heteroatoms. The number of para-hydroxylation sites is 1. The summed E-state index contributed by atoms with van der Waals surface area (Å²) < 4.78 is 1.81. The number of anilines is 1. The van der Waals surface area contributed by atoms with Gasteiger partial charge in [0.15, 0.2) is 0 Å². The van der Waals surface area contributed by atoms with Crippen molar-refractivity contribution in [1.29, 1.82) is 0 Å². The number of nitrogens with one attached hydrogen (secondary N) is 2. The Hall–Kier alpha value is -3.68. The number of likely N-dealkylation sites (tertiary alicyclic amines) is 1. The molecule has 3 aromatic rings. The number of rotatable bonds is 7. The smallest absolute Gasteiger partial charge is 0.319 e. The summed E-state index contributed by atoms with van der Waals surface area (Å²) in [4.78, 5) is 45.1. The first-order chi connectivity index (χ1) is 17.5. The van der Waals surface area contributed by atoms with Crippen LogP contribution in [0.25, 0.3) is 10.9 Å². The quantitative estimate of drug-likeness (QED) is 0.526. The Morgan fingerprint density at radius 1 is 1.06 bits per heavy atom. The Morgan fingerprint density at radius 2 is 1.83 bits per heavy atom. The third-order valence-electron chi connectivity index (χ3n) is 7.09. The summed E-state index contributed by atoms with van der Waals surface area (Å²) in [5.41, 5.74) is 2.58. The number of aryl methyl sites for hydroxylation is 2. The number of benzene rings is 2. The molecule has 0 spiro atoms. The minimum atomic E-state index is -0.234. The summed E-state index contributed by atoms with van der Waals surface area (Å²) in [5.74, 6) is 1.00. The van der Waals surface area contributed by atoms with Crippen LogP contribution in [0.15, 0.2) is 53.3 Å². The second kappa shape index (κ2) is 10.5. The van der Waals surface area contributed by atoms with E-state index in [1.54, 1.807) is 0 Å². The molecule has 5 rings (SSSR count). The molecule has 2 heterocycles. The maximum absolute atomic E-state index is 13.1. The molecule has 1 saturated heterocycles. The van der Waals surface area contributed by atoms with E-state index >= 15 is 0 Å². The van der Waals surface area contributed by atoms with Gasteiger partial charge in [-0.25, -0.2) is 9.78 Å². The summed E-state index contributed by atoms with van der Waals surface area (Å²) in [6.07, 6.45) is 4.64. The second-order valence-electron chi connectivity index (χ2n) is 10.0. The number of piperidine rings is 1. The molecule has 2 aliphatic rings. The van der Waals surface area contributed by atoms with E-state index in [1.165, 1.54) is 0 Å². The molecular weight excluding hydrogens is 454 g/mol. The summed E-state index contributed by atoms with van der Waals surface area (Å²) in [6.45, 7) is 3.88. The van der Waals surface area contributed by atoms with Gasteiger partial charge in [0, 0.05) is 44.2 Å². The maximum atomic E-state index is 13.1. The van der Waals surface area contributed by atoms with Crippen LogP contribution in [-0.4, -0.2) is 46.0 Å². The zero-order valence-electron chi connectivity index (χ0n) is 20.7. The van der Waals surface area contributed by atoms with E-state index in [-0.39, 0.29) is 29.5 Å². The van der Waals surface area contributed by atoms with Crippen LogP contribution >= 0.6 is 0 Å². The SMILES string of the molecule is Cc1ccc(NC(=O)NCC2CCCN(C(=O)CCc3nc4ccccc4c(=O)n3C3CC3)C2)cc1. The molecular formula is C28H33N5O3. The van der Waals surface area contributed by atoms with Crippen LogP contribution in [0.5, 0.6) is 0 Å². The van der Waals surface area contributed by atoms with Gasteiger partial charge in [0.05, 0.1) is 10.9 Å². The van der Waals surface area contributed by atoms with E-state index in [1.807, 2.05) is 64.9 Å². The molecule has 3 amide bonds. The molecule has 36 heavy (non-hydrogen) atoms. The van der Waals surface area contributed by atoms with E-state index in [0.29, 0.717) is 42.7 Å². The van der Waals surface area contributed by atoms with Crippen molar-refractivity contribution in [2.24, 2.45) is 5.92 Å². The highest BCUT2D eigenvalue weighted by molar-refractivity contribution is 5.89. The number of fused-ring (bicyclic) bond motifs is 1. The van der Waals surface area contributed by atoms with Crippen LogP contribution in [0.4, 0.5) is 10.5 Å². The molecule has 8 nitrogen and oxygen atoms in total. The van der Waals surface area contributed by atoms with E-state index in [9.17, 15) is 14.4 Å². The van der Waals surface area contributed by atoms with Gasteiger partial charge < -0.3 is 15.5 Å². The Labute approximate surface area is 210 Å². The van der Waals surface area contributed by atoms with Crippen LogP contribution in [0.2, 0.25) is 0 Å². The minimum Gasteiger partial charge on any atom is -0.342 e. The summed E-state index contributed by atoms with van der Waals surface area (Å²) >= 11 is 0. The Morgan fingerprint density at radius 3 is 2.61 bits per heavy atom. The van der Waals surface area contributed by atoms with Crippen molar-refractivity contribution in [2.45, 2.75) is 51.5 Å². The van der Waals surface area contributed by atoms with Crippen molar-refractivity contribution in [2.75, 3.05) is 25.0 Å². The Kier molecular flexibility index (Phi) is 7.02. The number of aromatic nitrogens is 2. The molecule has 1 aliphatic heterocycles. The summed E-state index contributed by atoms with van der Waals surface area (Å²) in [7, 11) is 0. The van der Waals surface area contributed by atoms with Gasteiger partial charge in [0.25, 0.3) is 5.56 Å². The zero-order valence-corrected chi connectivity index (χ0v) is 20.7. The fourth-order valence-corrected chi connectivity index (χ4v) is 4.96. The normalized spacial score (nSPS) is 17.7. The molecule has 1 saturated carbocycles. The largest absolute Gasteiger partial charge is 0.342 e. The average molecular weight is 488 g/mol. The lowest BCUT2D eigenvalue weighted by atomic mass is 9.97. The number of amides is 3. The van der Waals surface area contributed by atoms with Gasteiger partial charge in [-0.15, -0.1) is 0 Å². The third kappa shape index (κ3) is 5.58. The predicted octanol–water partition coefficient (Wildman–Crippen LogP) is 4.03. The van der Waals surface area contributed by atoms with Crippen molar-refractivity contribution in [3.63, 3.8) is 0 Å². The Balaban J connectivity index is 1.16. The fourth-order valence-electron chi connectivity index (χ4n) is 4.96. The molecule has 1 aromatic heterocycles. The highest BCUT2D eigenvalue weighted by atomic mass is 16.2. The fraction of sp³-hybridized carbons (Fsp3) is 0.429. The molecule has 1 atom stereocenters. The molecule has 2 N–H and O–H groups in total. The highest BCUT2D eigenvalue weighted by Gasteiger charge is 2.29. The number of urea groups is 1. The lowest BCUT2D eigenvalue weighted by molar-refractivity contribution is -0.132. The van der Waals surface area contributed by atoms with Crippen molar-refractivity contribution in [3.05, 3.63) is 70.3 Å². The number of hydrogen-bond acceptors (Lipinski definition) is 4. The van der Waals surface area contributed by atoms with Crippen LogP contribution in [-0.2, 0) is 11.2 Å². The van der Waals surface area contributed by atoms with Crippen molar-refractivity contribution in [1.82, 2.24) is 19.8 Å².